The highest BCUT2D eigenvalue weighted by Crippen LogP contribution is 2.34. The molecule has 3 rings (SSSR count). The summed E-state index contributed by atoms with van der Waals surface area (Å²) in [6.07, 6.45) is 1.99. The number of nitro benzene ring substituents is 1. The zero-order valence-electron chi connectivity index (χ0n) is 16.1. The number of thiophene rings is 1. The van der Waals surface area contributed by atoms with Crippen LogP contribution in [0.3, 0.4) is 0 Å². The second-order valence-corrected chi connectivity index (χ2v) is 8.41. The van der Waals surface area contributed by atoms with Crippen LogP contribution >= 0.6 is 11.3 Å². The SMILES string of the molecule is Cc1sc(NC(=O)c2ccc(N3CCC(C)CC3)c([N+](=O)[O-])c2)c(C#N)c1C. The molecule has 2 heterocycles. The van der Waals surface area contributed by atoms with Gasteiger partial charge in [0.15, 0.2) is 0 Å². The number of nitro groups is 1. The summed E-state index contributed by atoms with van der Waals surface area (Å²) in [5.41, 5.74) is 1.96. The molecule has 1 amide bonds. The fourth-order valence-electron chi connectivity index (χ4n) is 3.35. The van der Waals surface area contributed by atoms with Crippen LogP contribution in [0.5, 0.6) is 0 Å². The Hall–Kier alpha value is -2.92. The van der Waals surface area contributed by atoms with Gasteiger partial charge in [-0.3, -0.25) is 14.9 Å². The van der Waals surface area contributed by atoms with Crippen molar-refractivity contribution < 1.29 is 9.72 Å². The minimum Gasteiger partial charge on any atom is -0.366 e. The van der Waals surface area contributed by atoms with Crippen LogP contribution in [0, 0.1) is 41.2 Å². The summed E-state index contributed by atoms with van der Waals surface area (Å²) in [5.74, 6) is 0.159. The van der Waals surface area contributed by atoms with Crippen LogP contribution < -0.4 is 10.2 Å². The number of carbonyl (C=O) groups excluding carboxylic acids is 1. The molecular weight excluding hydrogens is 376 g/mol. The molecule has 1 aromatic carbocycles. The maximum absolute atomic E-state index is 12.7. The summed E-state index contributed by atoms with van der Waals surface area (Å²) in [5, 5.41) is 24.1. The fourth-order valence-corrected chi connectivity index (χ4v) is 4.36. The van der Waals surface area contributed by atoms with Gasteiger partial charge in [-0.1, -0.05) is 6.92 Å². The van der Waals surface area contributed by atoms with Crippen LogP contribution in [0.15, 0.2) is 18.2 Å². The zero-order chi connectivity index (χ0) is 20.4. The highest BCUT2D eigenvalue weighted by atomic mass is 32.1. The summed E-state index contributed by atoms with van der Waals surface area (Å²) in [6.45, 7) is 7.44. The van der Waals surface area contributed by atoms with Gasteiger partial charge in [0.25, 0.3) is 11.6 Å². The van der Waals surface area contributed by atoms with Gasteiger partial charge in [-0.15, -0.1) is 11.3 Å². The Kier molecular flexibility index (Phi) is 5.66. The molecule has 1 fully saturated rings. The van der Waals surface area contributed by atoms with Crippen LogP contribution in [-0.4, -0.2) is 23.9 Å². The molecule has 2 aromatic rings. The molecule has 1 aromatic heterocycles. The highest BCUT2D eigenvalue weighted by Gasteiger charge is 2.25. The third-order valence-electron chi connectivity index (χ3n) is 5.28. The van der Waals surface area contributed by atoms with Gasteiger partial charge < -0.3 is 10.2 Å². The summed E-state index contributed by atoms with van der Waals surface area (Å²) < 4.78 is 0. The molecule has 1 aliphatic heterocycles. The van der Waals surface area contributed by atoms with E-state index in [9.17, 15) is 20.2 Å². The average molecular weight is 398 g/mol. The molecule has 0 aliphatic carbocycles. The minimum absolute atomic E-state index is 0.0683. The molecule has 1 saturated heterocycles. The predicted molar refractivity (Wildman–Crippen MR) is 110 cm³/mol. The van der Waals surface area contributed by atoms with Crippen LogP contribution in [-0.2, 0) is 0 Å². The maximum atomic E-state index is 12.7. The number of hydrogen-bond donors (Lipinski definition) is 1. The first-order chi connectivity index (χ1) is 13.3. The van der Waals surface area contributed by atoms with Gasteiger partial charge in [-0.05, 0) is 50.3 Å². The van der Waals surface area contributed by atoms with Crippen LogP contribution in [0.25, 0.3) is 0 Å². The lowest BCUT2D eigenvalue weighted by Crippen LogP contribution is -2.33. The van der Waals surface area contributed by atoms with E-state index in [2.05, 4.69) is 18.3 Å². The van der Waals surface area contributed by atoms with E-state index in [1.54, 1.807) is 12.1 Å². The van der Waals surface area contributed by atoms with Crippen molar-refractivity contribution in [2.24, 2.45) is 5.92 Å². The molecule has 0 saturated carbocycles. The first-order valence-corrected chi connectivity index (χ1v) is 9.98. The van der Waals surface area contributed by atoms with Crippen LogP contribution in [0.4, 0.5) is 16.4 Å². The van der Waals surface area contributed by atoms with Crippen LogP contribution in [0.2, 0.25) is 0 Å². The molecule has 7 nitrogen and oxygen atoms in total. The van der Waals surface area contributed by atoms with E-state index in [4.69, 9.17) is 0 Å². The number of nitrogens with one attached hydrogen (secondary N) is 1. The Balaban J connectivity index is 1.88. The quantitative estimate of drug-likeness (QED) is 0.598. The number of amides is 1. The van der Waals surface area contributed by atoms with Gasteiger partial charge in [0, 0.05) is 29.6 Å². The Bertz CT molecular complexity index is 969. The number of aryl methyl sites for hydroxylation is 1. The molecule has 0 unspecified atom stereocenters. The van der Waals surface area contributed by atoms with Crippen molar-refractivity contribution in [2.75, 3.05) is 23.3 Å². The molecule has 0 radical (unpaired) electrons. The van der Waals surface area contributed by atoms with Crippen molar-refractivity contribution in [3.8, 4) is 6.07 Å². The monoisotopic (exact) mass is 398 g/mol. The van der Waals surface area contributed by atoms with E-state index in [0.29, 0.717) is 22.2 Å². The topological polar surface area (TPSA) is 99.3 Å². The highest BCUT2D eigenvalue weighted by molar-refractivity contribution is 7.16. The van der Waals surface area contributed by atoms with Crippen molar-refractivity contribution >= 4 is 33.6 Å². The first-order valence-electron chi connectivity index (χ1n) is 9.16. The average Bonchev–Trinajstić information content (AvgIpc) is 2.94. The van der Waals surface area contributed by atoms with Gasteiger partial charge in [0.1, 0.15) is 16.8 Å². The summed E-state index contributed by atoms with van der Waals surface area (Å²) in [6, 6.07) is 6.69. The standard InChI is InChI=1S/C20H22N4O3S/c1-12-6-8-23(9-7-12)17-5-4-15(10-18(17)24(26)27)19(25)22-20-16(11-21)13(2)14(3)28-20/h4-5,10,12H,6-9H2,1-3H3,(H,22,25). The zero-order valence-corrected chi connectivity index (χ0v) is 16.9. The second kappa shape index (κ2) is 7.98. The minimum atomic E-state index is -0.459. The third kappa shape index (κ3) is 3.85. The number of carbonyl (C=O) groups is 1. The van der Waals surface area contributed by atoms with E-state index in [1.807, 2.05) is 18.7 Å². The lowest BCUT2D eigenvalue weighted by molar-refractivity contribution is -0.384. The Morgan fingerprint density at radius 3 is 2.64 bits per heavy atom. The predicted octanol–water partition coefficient (Wildman–Crippen LogP) is 4.63. The lowest BCUT2D eigenvalue weighted by Gasteiger charge is -2.31. The third-order valence-corrected chi connectivity index (χ3v) is 6.41. The maximum Gasteiger partial charge on any atom is 0.293 e. The van der Waals surface area contributed by atoms with Crippen molar-refractivity contribution in [1.82, 2.24) is 0 Å². The number of nitriles is 1. The van der Waals surface area contributed by atoms with E-state index in [0.717, 1.165) is 36.4 Å². The molecule has 146 valence electrons. The Morgan fingerprint density at radius 2 is 2.04 bits per heavy atom. The number of benzene rings is 1. The molecule has 1 aliphatic rings. The second-order valence-electron chi connectivity index (χ2n) is 7.18. The summed E-state index contributed by atoms with van der Waals surface area (Å²) in [4.78, 5) is 26.8. The van der Waals surface area contributed by atoms with E-state index in [-0.39, 0.29) is 11.3 Å². The van der Waals surface area contributed by atoms with Gasteiger partial charge in [-0.25, -0.2) is 0 Å². The van der Waals surface area contributed by atoms with E-state index in [1.165, 1.54) is 17.4 Å². The largest absolute Gasteiger partial charge is 0.366 e. The van der Waals surface area contributed by atoms with Crippen LogP contribution in [0.1, 0.15) is 46.1 Å². The molecular formula is C20H22N4O3S. The van der Waals surface area contributed by atoms with Gasteiger partial charge in [0.05, 0.1) is 10.5 Å². The normalized spacial score (nSPS) is 14.6. The number of rotatable bonds is 4. The number of nitrogens with zero attached hydrogens (tertiary/aromatic N) is 3. The van der Waals surface area contributed by atoms with Crippen molar-refractivity contribution in [3.63, 3.8) is 0 Å². The van der Waals surface area contributed by atoms with Gasteiger partial charge >= 0.3 is 0 Å². The number of anilines is 2. The van der Waals surface area contributed by atoms with Crippen molar-refractivity contribution in [1.29, 1.82) is 5.26 Å². The number of piperidine rings is 1. The molecule has 0 bridgehead atoms. The molecule has 0 atom stereocenters. The van der Waals surface area contributed by atoms with Gasteiger partial charge in [-0.2, -0.15) is 5.26 Å². The summed E-state index contributed by atoms with van der Waals surface area (Å²) >= 11 is 1.33. The van der Waals surface area contributed by atoms with Crippen molar-refractivity contribution in [3.05, 3.63) is 49.9 Å². The Morgan fingerprint density at radius 1 is 1.36 bits per heavy atom. The van der Waals surface area contributed by atoms with Gasteiger partial charge in [0.2, 0.25) is 0 Å². The van der Waals surface area contributed by atoms with E-state index >= 15 is 0 Å². The molecule has 1 N–H and O–H groups in total. The molecule has 8 heteroatoms. The van der Waals surface area contributed by atoms with E-state index < -0.39 is 10.8 Å². The summed E-state index contributed by atoms with van der Waals surface area (Å²) in [7, 11) is 0. The smallest absolute Gasteiger partial charge is 0.293 e. The fraction of sp³-hybridized carbons (Fsp3) is 0.400. The van der Waals surface area contributed by atoms with Crippen molar-refractivity contribution in [2.45, 2.75) is 33.6 Å². The number of hydrogen-bond acceptors (Lipinski definition) is 6. The molecule has 28 heavy (non-hydrogen) atoms. The Labute approximate surface area is 167 Å². The lowest BCUT2D eigenvalue weighted by atomic mass is 9.98. The first kappa shape index (κ1) is 19.8. The molecule has 0 spiro atoms.